The van der Waals surface area contributed by atoms with Crippen LogP contribution in [0.3, 0.4) is 0 Å². The molecule has 0 heterocycles. The Balaban J connectivity index is -0.000000125. The third-order valence-electron chi connectivity index (χ3n) is 0.414. The quantitative estimate of drug-likeness (QED) is 0.238. The zero-order chi connectivity index (χ0) is 4.83. The maximum Gasteiger partial charge on any atom is 0.0237 e. The Labute approximate surface area is 61.1 Å². The molecule has 0 saturated heterocycles. The molecule has 0 fully saturated rings. The molecule has 0 aromatic rings. The number of rotatable bonds is 3. The van der Waals surface area contributed by atoms with Gasteiger partial charge in [0.05, 0.1) is 0 Å². The van der Waals surface area contributed by atoms with Crippen LogP contribution in [0.2, 0.25) is 0 Å². The number of nitrogens with one attached hydrogen (secondary N) is 2. The van der Waals surface area contributed by atoms with Gasteiger partial charge < -0.3 is 0 Å². The highest BCUT2D eigenvalue weighted by atomic mass is 35.5. The van der Waals surface area contributed by atoms with Gasteiger partial charge in [0.25, 0.3) is 0 Å². The Hall–Kier alpha value is 0.420. The Morgan fingerprint density at radius 2 is 1.12 bits per heavy atom. The van der Waals surface area contributed by atoms with Crippen LogP contribution in [-0.4, -0.2) is 13.1 Å². The summed E-state index contributed by atoms with van der Waals surface area (Å²) >= 11 is 0. The van der Waals surface area contributed by atoms with Crippen LogP contribution in [0.1, 0.15) is 0 Å². The van der Waals surface area contributed by atoms with Gasteiger partial charge in [0.15, 0.2) is 0 Å². The number of nitrogens with two attached hydrogens (primary N) is 2. The van der Waals surface area contributed by atoms with Crippen LogP contribution in [0, 0.1) is 0 Å². The summed E-state index contributed by atoms with van der Waals surface area (Å²) in [6, 6.07) is 0. The maximum atomic E-state index is 4.87. The summed E-state index contributed by atoms with van der Waals surface area (Å²) in [5.74, 6) is 9.74. The molecule has 0 aliphatic heterocycles. The number of hydrogen-bond donors (Lipinski definition) is 4. The van der Waals surface area contributed by atoms with Gasteiger partial charge >= 0.3 is 0 Å². The lowest BCUT2D eigenvalue weighted by molar-refractivity contribution is 0.649. The fourth-order valence-electron chi connectivity index (χ4n) is 0.144. The number of halogens is 2. The maximum absolute atomic E-state index is 4.87. The Morgan fingerprint density at radius 1 is 0.875 bits per heavy atom. The van der Waals surface area contributed by atoms with Gasteiger partial charge in [-0.3, -0.25) is 22.5 Å². The first kappa shape index (κ1) is 15.8. The van der Waals surface area contributed by atoms with Crippen LogP contribution in [0.4, 0.5) is 0 Å². The molecule has 0 saturated carbocycles. The van der Waals surface area contributed by atoms with Crippen LogP contribution in [0.5, 0.6) is 0 Å². The molecule has 6 heteroatoms. The van der Waals surface area contributed by atoms with E-state index in [1.165, 1.54) is 0 Å². The van der Waals surface area contributed by atoms with E-state index in [1.54, 1.807) is 0 Å². The van der Waals surface area contributed by atoms with Crippen LogP contribution in [-0.2, 0) is 0 Å². The van der Waals surface area contributed by atoms with Crippen LogP contribution in [0.25, 0.3) is 0 Å². The molecule has 54 valence electrons. The zero-order valence-corrected chi connectivity index (χ0v) is 6.02. The molecule has 8 heavy (non-hydrogen) atoms. The van der Waals surface area contributed by atoms with E-state index in [-0.39, 0.29) is 24.8 Å². The van der Waals surface area contributed by atoms with Crippen molar-refractivity contribution >= 4 is 24.8 Å². The van der Waals surface area contributed by atoms with E-state index >= 15 is 0 Å². The van der Waals surface area contributed by atoms with Crippen molar-refractivity contribution in [2.24, 2.45) is 11.7 Å². The fraction of sp³-hybridized carbons (Fsp3) is 1.00. The summed E-state index contributed by atoms with van der Waals surface area (Å²) in [6.45, 7) is 1.41. The molecule has 4 nitrogen and oxygen atoms in total. The fourth-order valence-corrected chi connectivity index (χ4v) is 0.144. The molecule has 0 aliphatic carbocycles. The summed E-state index contributed by atoms with van der Waals surface area (Å²) in [4.78, 5) is 0. The van der Waals surface area contributed by atoms with E-state index in [9.17, 15) is 0 Å². The Kier molecular flexibility index (Phi) is 30.9. The largest absolute Gasteiger partial charge is 0.271 e. The van der Waals surface area contributed by atoms with Crippen molar-refractivity contribution in [1.82, 2.24) is 10.9 Å². The molecule has 0 spiro atoms. The lowest BCUT2D eigenvalue weighted by Crippen LogP contribution is -2.34. The lowest BCUT2D eigenvalue weighted by atomic mass is 10.7. The first-order chi connectivity index (χ1) is 2.91. The van der Waals surface area contributed by atoms with E-state index in [1.807, 2.05) is 0 Å². The van der Waals surface area contributed by atoms with Gasteiger partial charge in [0, 0.05) is 13.1 Å². The smallest absolute Gasteiger partial charge is 0.0237 e. The highest BCUT2D eigenvalue weighted by Crippen LogP contribution is 1.39. The van der Waals surface area contributed by atoms with Crippen molar-refractivity contribution in [3.05, 3.63) is 0 Å². The third-order valence-corrected chi connectivity index (χ3v) is 0.414. The van der Waals surface area contributed by atoms with Crippen LogP contribution < -0.4 is 22.5 Å². The molecule has 0 atom stereocenters. The third kappa shape index (κ3) is 16.1. The normalized spacial score (nSPS) is 6.75. The molecule has 0 unspecified atom stereocenters. The second kappa shape index (κ2) is 15.7. The van der Waals surface area contributed by atoms with E-state index in [0.29, 0.717) is 13.1 Å². The second-order valence-electron chi connectivity index (χ2n) is 0.908. The average Bonchev–Trinajstić information content (AvgIpc) is 1.61. The molecule has 0 radical (unpaired) electrons. The van der Waals surface area contributed by atoms with Gasteiger partial charge in [0.1, 0.15) is 0 Å². The zero-order valence-electron chi connectivity index (χ0n) is 4.39. The summed E-state index contributed by atoms with van der Waals surface area (Å²) < 4.78 is 0. The van der Waals surface area contributed by atoms with Crippen molar-refractivity contribution in [3.63, 3.8) is 0 Å². The molecule has 0 bridgehead atoms. The van der Waals surface area contributed by atoms with Crippen LogP contribution in [0.15, 0.2) is 0 Å². The van der Waals surface area contributed by atoms with Crippen molar-refractivity contribution in [3.8, 4) is 0 Å². The van der Waals surface area contributed by atoms with Gasteiger partial charge in [-0.25, -0.2) is 0 Å². The topological polar surface area (TPSA) is 76.1 Å². The first-order valence-corrected chi connectivity index (χ1v) is 1.78. The van der Waals surface area contributed by atoms with Crippen molar-refractivity contribution in [1.29, 1.82) is 0 Å². The van der Waals surface area contributed by atoms with E-state index in [0.717, 1.165) is 0 Å². The highest BCUT2D eigenvalue weighted by Gasteiger charge is 1.71. The van der Waals surface area contributed by atoms with Gasteiger partial charge in [0.2, 0.25) is 0 Å². The SMILES string of the molecule is Cl.Cl.NNCCNN. The summed E-state index contributed by atoms with van der Waals surface area (Å²) in [6.07, 6.45) is 0. The van der Waals surface area contributed by atoms with E-state index in [2.05, 4.69) is 10.9 Å². The Bertz CT molecular complexity index is 24.0. The van der Waals surface area contributed by atoms with Gasteiger partial charge in [-0.05, 0) is 0 Å². The lowest BCUT2D eigenvalue weighted by Gasteiger charge is -1.92. The van der Waals surface area contributed by atoms with Crippen molar-refractivity contribution < 1.29 is 0 Å². The predicted octanol–water partition coefficient (Wildman–Crippen LogP) is -1.24. The van der Waals surface area contributed by atoms with E-state index in [4.69, 9.17) is 11.7 Å². The van der Waals surface area contributed by atoms with Gasteiger partial charge in [-0.1, -0.05) is 0 Å². The second-order valence-corrected chi connectivity index (χ2v) is 0.908. The molecular formula is C2H12Cl2N4. The number of hydrazine groups is 2. The summed E-state index contributed by atoms with van der Waals surface area (Å²) in [5, 5.41) is 0. The molecule has 0 aromatic carbocycles. The molecular weight excluding hydrogens is 151 g/mol. The predicted molar refractivity (Wildman–Crippen MR) is 38.9 cm³/mol. The minimum atomic E-state index is 0. The van der Waals surface area contributed by atoms with E-state index < -0.39 is 0 Å². The van der Waals surface area contributed by atoms with Crippen LogP contribution >= 0.6 is 24.8 Å². The molecule has 0 amide bonds. The van der Waals surface area contributed by atoms with Gasteiger partial charge in [-0.2, -0.15) is 0 Å². The summed E-state index contributed by atoms with van der Waals surface area (Å²) in [5.41, 5.74) is 4.85. The summed E-state index contributed by atoms with van der Waals surface area (Å²) in [7, 11) is 0. The molecule has 0 rings (SSSR count). The Morgan fingerprint density at radius 3 is 1.25 bits per heavy atom. The van der Waals surface area contributed by atoms with Crippen molar-refractivity contribution in [2.75, 3.05) is 13.1 Å². The average molecular weight is 163 g/mol. The highest BCUT2D eigenvalue weighted by molar-refractivity contribution is 5.85. The molecule has 0 aliphatic rings. The molecule has 6 N–H and O–H groups in total. The monoisotopic (exact) mass is 162 g/mol. The van der Waals surface area contributed by atoms with Gasteiger partial charge in [-0.15, -0.1) is 24.8 Å². The molecule has 0 aromatic heterocycles. The minimum Gasteiger partial charge on any atom is -0.271 e. The van der Waals surface area contributed by atoms with Crippen molar-refractivity contribution in [2.45, 2.75) is 0 Å². The minimum absolute atomic E-state index is 0. The number of hydrogen-bond acceptors (Lipinski definition) is 4. The standard InChI is InChI=1S/C2H10N4.2ClH/c3-5-1-2-6-4;;/h5-6H,1-4H2;2*1H. The first-order valence-electron chi connectivity index (χ1n) is 1.78.